The van der Waals surface area contributed by atoms with Gasteiger partial charge in [-0.3, -0.25) is 14.3 Å². The second-order valence-electron chi connectivity index (χ2n) is 6.73. The van der Waals surface area contributed by atoms with Crippen molar-refractivity contribution in [1.82, 2.24) is 0 Å². The van der Waals surface area contributed by atoms with Crippen molar-refractivity contribution >= 4 is 50.7 Å². The number of hydrogen-bond donors (Lipinski definition) is 2. The minimum atomic E-state index is -5.43. The van der Waals surface area contributed by atoms with Crippen molar-refractivity contribution in [2.24, 2.45) is 0 Å². The zero-order valence-corrected chi connectivity index (χ0v) is 18.7. The van der Waals surface area contributed by atoms with Gasteiger partial charge in [-0.25, -0.2) is 8.42 Å². The van der Waals surface area contributed by atoms with Crippen LogP contribution in [-0.2, 0) is 24.3 Å². The van der Waals surface area contributed by atoms with Crippen LogP contribution in [0.25, 0.3) is 0 Å². The van der Waals surface area contributed by atoms with Gasteiger partial charge in [-0.2, -0.15) is 13.2 Å². The highest BCUT2D eigenvalue weighted by Gasteiger charge is 2.48. The van der Waals surface area contributed by atoms with E-state index in [0.29, 0.717) is 0 Å². The fourth-order valence-electron chi connectivity index (χ4n) is 2.58. The van der Waals surface area contributed by atoms with Crippen LogP contribution in [0.3, 0.4) is 0 Å². The average Bonchev–Trinajstić information content (AvgIpc) is 2.64. The number of aromatic hydroxyl groups is 1. The molecule has 174 valence electrons. The number of anilines is 1. The van der Waals surface area contributed by atoms with Crippen molar-refractivity contribution in [2.45, 2.75) is 36.9 Å². The maximum atomic E-state index is 13.1. The number of sulfonamides is 1. The lowest BCUT2D eigenvalue weighted by atomic mass is 9.93. The van der Waals surface area contributed by atoms with Crippen LogP contribution in [0, 0.1) is 0 Å². The summed E-state index contributed by atoms with van der Waals surface area (Å²) in [4.78, 5) is 23.8. The number of esters is 1. The second-order valence-corrected chi connectivity index (χ2v) is 9.23. The molecule has 0 amide bonds. The summed E-state index contributed by atoms with van der Waals surface area (Å²) in [5, 5.41) is 9.92. The summed E-state index contributed by atoms with van der Waals surface area (Å²) in [5.41, 5.74) is -1.15. The maximum Gasteiger partial charge on any atom is 0.451 e. The number of alkyl halides is 3. The Hall–Kier alpha value is -2.50. The Bertz CT molecular complexity index is 1150. The first-order valence-electron chi connectivity index (χ1n) is 8.75. The van der Waals surface area contributed by atoms with Crippen LogP contribution in [-0.4, -0.2) is 37.6 Å². The molecule has 0 saturated carbocycles. The Kier molecular flexibility index (Phi) is 7.69. The number of ether oxygens (including phenoxy) is 1. The maximum absolute atomic E-state index is 13.1. The predicted molar refractivity (Wildman–Crippen MR) is 110 cm³/mol. The molecule has 0 aliphatic heterocycles. The van der Waals surface area contributed by atoms with Crippen molar-refractivity contribution in [3.05, 3.63) is 52.0 Å². The third-order valence-corrected chi connectivity index (χ3v) is 6.00. The molecular formula is C19H16Cl2F3NO6S. The van der Waals surface area contributed by atoms with Gasteiger partial charge in [0.2, 0.25) is 0 Å². The van der Waals surface area contributed by atoms with E-state index in [1.165, 1.54) is 26.0 Å². The second kappa shape index (κ2) is 9.55. The van der Waals surface area contributed by atoms with Gasteiger partial charge in [0, 0.05) is 16.3 Å². The third-order valence-electron chi connectivity index (χ3n) is 3.90. The molecule has 7 nitrogen and oxygen atoms in total. The van der Waals surface area contributed by atoms with Crippen LogP contribution in [0.4, 0.5) is 18.9 Å². The van der Waals surface area contributed by atoms with E-state index < -0.39 is 56.2 Å². The smallest absolute Gasteiger partial charge is 0.451 e. The fraction of sp³-hybridized carbons (Fsp3) is 0.263. The largest absolute Gasteiger partial charge is 0.508 e. The number of carbonyl (C=O) groups excluding carboxylic acids is 2. The molecule has 2 N–H and O–H groups in total. The molecule has 2 rings (SSSR count). The molecule has 1 unspecified atom stereocenters. The Morgan fingerprint density at radius 2 is 1.72 bits per heavy atom. The lowest BCUT2D eigenvalue weighted by molar-refractivity contribution is -0.178. The summed E-state index contributed by atoms with van der Waals surface area (Å²) in [6.45, 7) is 2.71. The zero-order valence-electron chi connectivity index (χ0n) is 16.4. The quantitative estimate of drug-likeness (QED) is 0.316. The van der Waals surface area contributed by atoms with Crippen molar-refractivity contribution in [3.8, 4) is 5.75 Å². The van der Waals surface area contributed by atoms with Crippen molar-refractivity contribution < 1.29 is 41.0 Å². The van der Waals surface area contributed by atoms with E-state index in [9.17, 15) is 36.3 Å². The summed E-state index contributed by atoms with van der Waals surface area (Å²) >= 11 is 11.7. The highest BCUT2D eigenvalue weighted by atomic mass is 35.5. The summed E-state index contributed by atoms with van der Waals surface area (Å²) in [5.74, 6) is -7.47. The fourth-order valence-corrected chi connectivity index (χ4v) is 4.39. The van der Waals surface area contributed by atoms with Gasteiger partial charge in [0.05, 0.1) is 11.1 Å². The molecule has 0 fully saturated rings. The average molecular weight is 514 g/mol. The molecule has 0 spiro atoms. The van der Waals surface area contributed by atoms with Crippen LogP contribution >= 0.6 is 23.2 Å². The lowest BCUT2D eigenvalue weighted by Crippen LogP contribution is -2.35. The molecule has 1 atom stereocenters. The van der Waals surface area contributed by atoms with Gasteiger partial charge in [-0.1, -0.05) is 23.2 Å². The molecule has 2 aromatic rings. The number of benzene rings is 2. The minimum absolute atomic E-state index is 0.0495. The van der Waals surface area contributed by atoms with E-state index in [1.807, 2.05) is 0 Å². The van der Waals surface area contributed by atoms with Crippen molar-refractivity contribution in [2.75, 3.05) is 4.72 Å². The highest BCUT2D eigenvalue weighted by molar-refractivity contribution is 7.92. The Morgan fingerprint density at radius 1 is 1.09 bits per heavy atom. The SMILES string of the molecule is CC(C)OC(=O)C(C(=O)C(F)(F)F)c1cc(NS(=O)(=O)c2cc(Cl)ccc2Cl)ccc1O. The molecule has 0 radical (unpaired) electrons. The molecule has 0 saturated heterocycles. The van der Waals surface area contributed by atoms with E-state index >= 15 is 0 Å². The van der Waals surface area contributed by atoms with Crippen LogP contribution < -0.4 is 4.72 Å². The summed E-state index contributed by atoms with van der Waals surface area (Å²) < 4.78 is 71.4. The van der Waals surface area contributed by atoms with E-state index in [-0.39, 0.29) is 15.7 Å². The Morgan fingerprint density at radius 3 is 2.28 bits per heavy atom. The zero-order chi connectivity index (χ0) is 24.4. The first-order valence-corrected chi connectivity index (χ1v) is 11.0. The van der Waals surface area contributed by atoms with Gasteiger partial charge in [0.1, 0.15) is 10.6 Å². The molecule has 0 bridgehead atoms. The molecule has 0 aromatic heterocycles. The van der Waals surface area contributed by atoms with Gasteiger partial charge in [-0.05, 0) is 50.2 Å². The molecule has 0 aliphatic rings. The number of nitrogens with one attached hydrogen (secondary N) is 1. The number of hydrogen-bond acceptors (Lipinski definition) is 6. The molecule has 32 heavy (non-hydrogen) atoms. The monoisotopic (exact) mass is 513 g/mol. The van der Waals surface area contributed by atoms with E-state index in [2.05, 4.69) is 4.72 Å². The molecule has 0 heterocycles. The Labute approximate surface area is 191 Å². The summed E-state index contributed by atoms with van der Waals surface area (Å²) in [6, 6.07) is 6.17. The highest BCUT2D eigenvalue weighted by Crippen LogP contribution is 2.36. The summed E-state index contributed by atoms with van der Waals surface area (Å²) in [6.07, 6.45) is -6.29. The number of phenolic OH excluding ortho intramolecular Hbond substituents is 1. The van der Waals surface area contributed by atoms with Gasteiger partial charge in [0.15, 0.2) is 5.92 Å². The van der Waals surface area contributed by atoms with E-state index in [1.54, 1.807) is 0 Å². The van der Waals surface area contributed by atoms with Gasteiger partial charge < -0.3 is 9.84 Å². The number of ketones is 1. The number of carbonyl (C=O) groups is 2. The van der Waals surface area contributed by atoms with E-state index in [4.69, 9.17) is 27.9 Å². The predicted octanol–water partition coefficient (Wildman–Crippen LogP) is 4.67. The van der Waals surface area contributed by atoms with Gasteiger partial charge in [0.25, 0.3) is 15.8 Å². The van der Waals surface area contributed by atoms with Gasteiger partial charge in [-0.15, -0.1) is 0 Å². The minimum Gasteiger partial charge on any atom is -0.508 e. The normalized spacial score (nSPS) is 13.0. The van der Waals surface area contributed by atoms with Crippen LogP contribution in [0.1, 0.15) is 25.3 Å². The number of halogens is 5. The molecule has 0 aliphatic carbocycles. The number of rotatable bonds is 7. The van der Waals surface area contributed by atoms with Crippen LogP contribution in [0.2, 0.25) is 10.0 Å². The number of Topliss-reactive ketones (excluding diaryl/α,β-unsaturated/α-hetero) is 1. The van der Waals surface area contributed by atoms with Crippen LogP contribution in [0.15, 0.2) is 41.3 Å². The first kappa shape index (κ1) is 25.8. The van der Waals surface area contributed by atoms with Gasteiger partial charge >= 0.3 is 12.1 Å². The summed E-state index contributed by atoms with van der Waals surface area (Å²) in [7, 11) is -4.38. The van der Waals surface area contributed by atoms with E-state index in [0.717, 1.165) is 24.3 Å². The van der Waals surface area contributed by atoms with Crippen molar-refractivity contribution in [3.63, 3.8) is 0 Å². The Balaban J connectivity index is 2.54. The molecule has 13 heteroatoms. The first-order chi connectivity index (χ1) is 14.6. The standard InChI is InChI=1S/C19H16Cl2F3NO6S/c1-9(2)31-18(28)16(17(27)19(22,23)24)12-8-11(4-6-14(12)26)25-32(29,30)15-7-10(20)3-5-13(15)21/h3-9,16,25-26H,1-2H3. The molecular weight excluding hydrogens is 498 g/mol. The molecule has 2 aromatic carbocycles. The third kappa shape index (κ3) is 6.05. The number of phenols is 1. The topological polar surface area (TPSA) is 110 Å². The van der Waals surface area contributed by atoms with Crippen molar-refractivity contribution in [1.29, 1.82) is 0 Å². The lowest BCUT2D eigenvalue weighted by Gasteiger charge is -2.20. The van der Waals surface area contributed by atoms with Crippen LogP contribution in [0.5, 0.6) is 5.75 Å².